The molecule has 0 fully saturated rings. The molecule has 0 aromatic heterocycles. The SMILES string of the molecule is Cc1cccc2c1-c1ccc(N(c3ccc(-c4ccccc4)cc3)c3cc(N(c4ccccc4)c4ccc(-c5ccccc5)cc4)cc(N(c4ccccc4)c4ccc(-c5ccccc5)cc4)c3)cc1C2(C)C. The van der Waals surface area contributed by atoms with Gasteiger partial charge < -0.3 is 14.7 Å². The van der Waals surface area contributed by atoms with E-state index in [1.165, 1.54) is 61.2 Å². The van der Waals surface area contributed by atoms with Crippen molar-refractivity contribution in [2.45, 2.75) is 26.2 Å². The topological polar surface area (TPSA) is 9.72 Å². The molecule has 0 saturated carbocycles. The van der Waals surface area contributed by atoms with E-state index in [1.807, 2.05) is 0 Å². The number of para-hydroxylation sites is 2. The van der Waals surface area contributed by atoms with Crippen molar-refractivity contribution in [3.63, 3.8) is 0 Å². The molecule has 1 aliphatic carbocycles. The predicted molar refractivity (Wildman–Crippen MR) is 309 cm³/mol. The lowest BCUT2D eigenvalue weighted by atomic mass is 9.82. The Bertz CT molecular complexity index is 3520. The minimum absolute atomic E-state index is 0.200. The summed E-state index contributed by atoms with van der Waals surface area (Å²) < 4.78 is 0. The summed E-state index contributed by atoms with van der Waals surface area (Å²) >= 11 is 0. The molecular formula is C70H55N3. The standard InChI is InChI=1S/C70H55N3/c1-50-20-19-31-67-69(50)66-45-44-62(49-68(66)70(67,2)3)73(61-42-36-56(37-43-61)53-25-13-6-14-26-53)65-47-63(71(57-27-15-7-16-28-57)59-38-32-54(33-39-59)51-21-9-4-10-22-51)46-64(48-65)72(58-29-17-8-18-30-58)60-40-34-55(35-41-60)52-23-11-5-12-24-52/h4-49H,1-3H3. The van der Waals surface area contributed by atoms with Crippen LogP contribution in [0.1, 0.15) is 30.5 Å². The number of aryl methyl sites for hydroxylation is 1. The van der Waals surface area contributed by atoms with E-state index in [-0.39, 0.29) is 5.41 Å². The Morgan fingerprint density at radius 3 is 0.945 bits per heavy atom. The molecule has 1 aliphatic rings. The summed E-state index contributed by atoms with van der Waals surface area (Å²) in [7, 11) is 0. The second-order valence-electron chi connectivity index (χ2n) is 19.5. The summed E-state index contributed by atoms with van der Waals surface area (Å²) in [6.45, 7) is 6.99. The number of nitrogens with zero attached hydrogens (tertiary/aromatic N) is 3. The molecule has 350 valence electrons. The van der Waals surface area contributed by atoms with Gasteiger partial charge in [0.15, 0.2) is 0 Å². The zero-order valence-electron chi connectivity index (χ0n) is 41.4. The molecular weight excluding hydrogens is 883 g/mol. The fourth-order valence-electron chi connectivity index (χ4n) is 10.9. The molecule has 11 aromatic carbocycles. The van der Waals surface area contributed by atoms with Gasteiger partial charge in [0, 0.05) is 39.5 Å². The third kappa shape index (κ3) is 8.66. The zero-order valence-corrected chi connectivity index (χ0v) is 41.4. The summed E-state index contributed by atoms with van der Waals surface area (Å²) in [6.07, 6.45) is 0. The van der Waals surface area contributed by atoms with Crippen molar-refractivity contribution in [2.75, 3.05) is 14.7 Å². The molecule has 12 rings (SSSR count). The molecule has 0 bridgehead atoms. The lowest BCUT2D eigenvalue weighted by Crippen LogP contribution is -2.18. The second-order valence-corrected chi connectivity index (χ2v) is 19.5. The number of benzene rings is 11. The molecule has 11 aromatic rings. The van der Waals surface area contributed by atoms with Crippen LogP contribution in [0.25, 0.3) is 44.5 Å². The number of hydrogen-bond acceptors (Lipinski definition) is 3. The lowest BCUT2D eigenvalue weighted by molar-refractivity contribution is 0.660. The summed E-state index contributed by atoms with van der Waals surface area (Å²) in [5, 5.41) is 0. The van der Waals surface area contributed by atoms with Crippen LogP contribution in [0, 0.1) is 6.92 Å². The van der Waals surface area contributed by atoms with Crippen molar-refractivity contribution < 1.29 is 0 Å². The maximum Gasteiger partial charge on any atom is 0.0503 e. The molecule has 3 heteroatoms. The normalized spacial score (nSPS) is 12.2. The van der Waals surface area contributed by atoms with Crippen LogP contribution in [0.15, 0.2) is 279 Å². The lowest BCUT2D eigenvalue weighted by Gasteiger charge is -2.33. The van der Waals surface area contributed by atoms with Crippen LogP contribution in [-0.2, 0) is 5.41 Å². The molecule has 0 amide bonds. The first kappa shape index (κ1) is 45.0. The van der Waals surface area contributed by atoms with E-state index in [2.05, 4.69) is 315 Å². The number of rotatable bonds is 12. The van der Waals surface area contributed by atoms with Crippen molar-refractivity contribution in [1.82, 2.24) is 0 Å². The zero-order chi connectivity index (χ0) is 49.3. The van der Waals surface area contributed by atoms with E-state index in [0.29, 0.717) is 0 Å². The highest BCUT2D eigenvalue weighted by molar-refractivity contribution is 5.92. The third-order valence-electron chi connectivity index (χ3n) is 14.5. The fourth-order valence-corrected chi connectivity index (χ4v) is 10.9. The molecule has 0 radical (unpaired) electrons. The third-order valence-corrected chi connectivity index (χ3v) is 14.5. The average molecular weight is 938 g/mol. The molecule has 73 heavy (non-hydrogen) atoms. The van der Waals surface area contributed by atoms with Gasteiger partial charge in [0.25, 0.3) is 0 Å². The first-order valence-corrected chi connectivity index (χ1v) is 25.2. The van der Waals surface area contributed by atoms with Crippen molar-refractivity contribution in [3.8, 4) is 44.5 Å². The largest absolute Gasteiger partial charge is 0.310 e. The number of hydrogen-bond donors (Lipinski definition) is 0. The highest BCUT2D eigenvalue weighted by Gasteiger charge is 2.37. The monoisotopic (exact) mass is 937 g/mol. The van der Waals surface area contributed by atoms with Crippen LogP contribution in [0.3, 0.4) is 0 Å². The summed E-state index contributed by atoms with van der Waals surface area (Å²) in [5.74, 6) is 0. The van der Waals surface area contributed by atoms with Crippen molar-refractivity contribution in [1.29, 1.82) is 0 Å². The van der Waals surface area contributed by atoms with Gasteiger partial charge in [-0.3, -0.25) is 0 Å². The Morgan fingerprint density at radius 1 is 0.247 bits per heavy atom. The van der Waals surface area contributed by atoms with Gasteiger partial charge in [0.1, 0.15) is 0 Å². The van der Waals surface area contributed by atoms with Crippen LogP contribution in [0.2, 0.25) is 0 Å². The van der Waals surface area contributed by atoms with Gasteiger partial charge in [0.05, 0.1) is 17.1 Å². The Morgan fingerprint density at radius 2 is 0.562 bits per heavy atom. The van der Waals surface area contributed by atoms with Gasteiger partial charge >= 0.3 is 0 Å². The predicted octanol–water partition coefficient (Wildman–Crippen LogP) is 19.7. The number of anilines is 9. The maximum absolute atomic E-state index is 2.46. The summed E-state index contributed by atoms with van der Waals surface area (Å²) in [5.41, 5.74) is 23.0. The van der Waals surface area contributed by atoms with Crippen LogP contribution < -0.4 is 14.7 Å². The van der Waals surface area contributed by atoms with Crippen LogP contribution in [-0.4, -0.2) is 0 Å². The Kier molecular flexibility index (Phi) is 11.8. The van der Waals surface area contributed by atoms with E-state index in [1.54, 1.807) is 0 Å². The highest BCUT2D eigenvalue weighted by Crippen LogP contribution is 2.53. The van der Waals surface area contributed by atoms with E-state index < -0.39 is 0 Å². The van der Waals surface area contributed by atoms with E-state index >= 15 is 0 Å². The second kappa shape index (κ2) is 19.2. The Balaban J connectivity index is 1.10. The highest BCUT2D eigenvalue weighted by atomic mass is 15.2. The molecule has 0 N–H and O–H groups in total. The summed E-state index contributed by atoms with van der Waals surface area (Å²) in [4.78, 5) is 7.24. The minimum atomic E-state index is -0.200. The Labute approximate surface area is 430 Å². The molecule has 0 atom stereocenters. The first-order chi connectivity index (χ1) is 35.9. The minimum Gasteiger partial charge on any atom is -0.310 e. The molecule has 0 aliphatic heterocycles. The van der Waals surface area contributed by atoms with Crippen molar-refractivity contribution in [2.24, 2.45) is 0 Å². The molecule has 0 heterocycles. The van der Waals surface area contributed by atoms with Gasteiger partial charge in [-0.25, -0.2) is 0 Å². The van der Waals surface area contributed by atoms with Gasteiger partial charge in [-0.05, 0) is 159 Å². The van der Waals surface area contributed by atoms with Gasteiger partial charge in [-0.15, -0.1) is 0 Å². The van der Waals surface area contributed by atoms with Crippen LogP contribution in [0.4, 0.5) is 51.2 Å². The maximum atomic E-state index is 2.46. The molecule has 0 unspecified atom stereocenters. The number of fused-ring (bicyclic) bond motifs is 3. The van der Waals surface area contributed by atoms with Gasteiger partial charge in [0.2, 0.25) is 0 Å². The average Bonchev–Trinajstić information content (AvgIpc) is 3.68. The smallest absolute Gasteiger partial charge is 0.0503 e. The van der Waals surface area contributed by atoms with Crippen molar-refractivity contribution >= 4 is 51.2 Å². The van der Waals surface area contributed by atoms with Crippen LogP contribution >= 0.6 is 0 Å². The molecule has 3 nitrogen and oxygen atoms in total. The quantitative estimate of drug-likeness (QED) is 0.121. The van der Waals surface area contributed by atoms with Crippen molar-refractivity contribution in [3.05, 3.63) is 296 Å². The fraction of sp³-hybridized carbons (Fsp3) is 0.0571. The molecule has 0 spiro atoms. The van der Waals surface area contributed by atoms with Gasteiger partial charge in [-0.2, -0.15) is 0 Å². The first-order valence-electron chi connectivity index (χ1n) is 25.2. The van der Waals surface area contributed by atoms with Crippen LogP contribution in [0.5, 0.6) is 0 Å². The Hall–Kier alpha value is -9.18. The van der Waals surface area contributed by atoms with E-state index in [4.69, 9.17) is 0 Å². The van der Waals surface area contributed by atoms with E-state index in [0.717, 1.165) is 51.2 Å². The van der Waals surface area contributed by atoms with E-state index in [9.17, 15) is 0 Å². The summed E-state index contributed by atoms with van der Waals surface area (Å²) in [6, 6.07) is 101. The van der Waals surface area contributed by atoms with Gasteiger partial charge in [-0.1, -0.05) is 202 Å². The molecule has 0 saturated heterocycles.